The fourth-order valence-corrected chi connectivity index (χ4v) is 10.2. The van der Waals surface area contributed by atoms with E-state index >= 15 is 0 Å². The molecule has 0 saturated carbocycles. The molecule has 0 amide bonds. The highest BCUT2D eigenvalue weighted by Gasteiger charge is 2.52. The smallest absolute Gasteiger partial charge is 0.282 e. The minimum Gasteiger partial charge on any atom is -0.328 e. The molecule has 3 nitrogen and oxygen atoms in total. The van der Waals surface area contributed by atoms with Crippen LogP contribution in [0.2, 0.25) is 0 Å². The number of allylic oxidation sites excluding steroid dienone is 3. The average Bonchev–Trinajstić information content (AvgIpc) is 2.69. The van der Waals surface area contributed by atoms with E-state index in [2.05, 4.69) is 52.0 Å². The lowest BCUT2D eigenvalue weighted by atomic mass is 9.56. The van der Waals surface area contributed by atoms with Crippen LogP contribution in [0.1, 0.15) is 46.1 Å². The van der Waals surface area contributed by atoms with E-state index in [9.17, 15) is 14.7 Å². The van der Waals surface area contributed by atoms with Crippen molar-refractivity contribution in [3.8, 4) is 0 Å². The molecule has 0 aliphatic heterocycles. The van der Waals surface area contributed by atoms with Crippen molar-refractivity contribution < 1.29 is 14.7 Å². The molecule has 3 atom stereocenters. The maximum Gasteiger partial charge on any atom is 0.282 e. The van der Waals surface area contributed by atoms with Crippen molar-refractivity contribution in [2.24, 2.45) is 10.8 Å². The molecular weight excluding hydrogens is 411 g/mol. The predicted molar refractivity (Wildman–Crippen MR) is 130 cm³/mol. The van der Waals surface area contributed by atoms with Gasteiger partial charge < -0.3 is 14.7 Å². The van der Waals surface area contributed by atoms with Gasteiger partial charge in [0, 0.05) is 15.6 Å². The second kappa shape index (κ2) is 8.98. The van der Waals surface area contributed by atoms with Crippen LogP contribution in [0.3, 0.4) is 0 Å². The monoisotopic (exact) mass is 444 g/mol. The Labute approximate surface area is 183 Å². The molecule has 0 spiro atoms. The minimum absolute atomic E-state index is 0.185. The first-order chi connectivity index (χ1) is 14.1. The van der Waals surface area contributed by atoms with Crippen molar-refractivity contribution in [1.29, 1.82) is 0 Å². The Bertz CT molecular complexity index is 976. The molecule has 3 unspecified atom stereocenters. The highest BCUT2D eigenvalue weighted by Crippen LogP contribution is 2.60. The second-order valence-corrected chi connectivity index (χ2v) is 14.1. The van der Waals surface area contributed by atoms with Gasteiger partial charge in [0.25, 0.3) is 6.72 Å². The van der Waals surface area contributed by atoms with Gasteiger partial charge in [-0.2, -0.15) is 0 Å². The zero-order valence-corrected chi connectivity index (χ0v) is 19.9. The van der Waals surface area contributed by atoms with Crippen LogP contribution < -0.4 is 0 Å². The van der Waals surface area contributed by atoms with Crippen molar-refractivity contribution in [2.45, 2.75) is 50.7 Å². The number of hydrogen-bond donors (Lipinski definition) is 3. The summed E-state index contributed by atoms with van der Waals surface area (Å²) in [5.74, 6) is 0. The van der Waals surface area contributed by atoms with Crippen LogP contribution in [-0.2, 0) is 10.1 Å². The Hall–Kier alpha value is -1.42. The first-order valence-electron chi connectivity index (χ1n) is 10.4. The predicted octanol–water partition coefficient (Wildman–Crippen LogP) is 6.17. The standard InChI is InChI=1S/C25H33O3PS/c1-5-19-25(24(2,3)4)22(20-13-8-6-9-14-20)17-12-18-23(25)30(29(26,27)28)21-15-10-7-11-16-21/h6-18,23,26-28H,5,19H2,1-4H3. The van der Waals surface area contributed by atoms with Gasteiger partial charge in [0.05, 0.1) is 0 Å². The van der Waals surface area contributed by atoms with E-state index < -0.39 is 16.8 Å². The summed E-state index contributed by atoms with van der Waals surface area (Å²) in [6.45, 7) is 4.69. The molecule has 0 heterocycles. The summed E-state index contributed by atoms with van der Waals surface area (Å²) < 4.78 is 0. The van der Waals surface area contributed by atoms with Crippen molar-refractivity contribution in [3.63, 3.8) is 0 Å². The Morgan fingerprint density at radius 2 is 1.50 bits per heavy atom. The minimum atomic E-state index is -4.16. The number of hydrogen-bond acceptors (Lipinski definition) is 0. The van der Waals surface area contributed by atoms with E-state index in [1.165, 1.54) is 5.57 Å². The van der Waals surface area contributed by atoms with E-state index in [4.69, 9.17) is 0 Å². The van der Waals surface area contributed by atoms with Gasteiger partial charge in [0.15, 0.2) is 0 Å². The van der Waals surface area contributed by atoms with Gasteiger partial charge in [-0.15, -0.1) is 0 Å². The SMILES string of the molecule is CCCC1(C(C)(C)C)C(c2ccccc2)=CC=CC1S(c1ccccc1)=P(O)(O)O. The zero-order valence-electron chi connectivity index (χ0n) is 18.2. The lowest BCUT2D eigenvalue weighted by molar-refractivity contribution is 0.150. The summed E-state index contributed by atoms with van der Waals surface area (Å²) in [5, 5.41) is -0.242. The first kappa shape index (κ1) is 23.2. The van der Waals surface area contributed by atoms with Gasteiger partial charge in [-0.25, -0.2) is 0 Å². The van der Waals surface area contributed by atoms with Crippen LogP contribution in [0, 0.1) is 10.8 Å². The van der Waals surface area contributed by atoms with Crippen LogP contribution >= 0.6 is 6.72 Å². The Kier molecular flexibility index (Phi) is 6.96. The molecular formula is C25H33O3PS. The van der Waals surface area contributed by atoms with E-state index in [1.54, 1.807) is 0 Å². The van der Waals surface area contributed by atoms with E-state index in [0.29, 0.717) is 0 Å². The highest BCUT2D eigenvalue weighted by molar-refractivity contribution is 8.28. The summed E-state index contributed by atoms with van der Waals surface area (Å²) >= 11 is 0. The van der Waals surface area contributed by atoms with Crippen molar-refractivity contribution >= 4 is 22.4 Å². The van der Waals surface area contributed by atoms with E-state index in [1.807, 2.05) is 54.6 Å². The lowest BCUT2D eigenvalue weighted by Gasteiger charge is -2.53. The van der Waals surface area contributed by atoms with Gasteiger partial charge in [0.2, 0.25) is 0 Å². The van der Waals surface area contributed by atoms with Gasteiger partial charge >= 0.3 is 0 Å². The zero-order chi connectivity index (χ0) is 22.0. The molecule has 1 aliphatic rings. The molecule has 0 fully saturated rings. The van der Waals surface area contributed by atoms with Crippen LogP contribution in [0.5, 0.6) is 0 Å². The number of rotatable bonds is 5. The molecule has 162 valence electrons. The Morgan fingerprint density at radius 1 is 0.933 bits per heavy atom. The lowest BCUT2D eigenvalue weighted by Crippen LogP contribution is -2.49. The van der Waals surface area contributed by atoms with Gasteiger partial charge in [0.1, 0.15) is 0 Å². The highest BCUT2D eigenvalue weighted by atomic mass is 32.5. The molecule has 30 heavy (non-hydrogen) atoms. The third-order valence-electron chi connectivity index (χ3n) is 6.07. The van der Waals surface area contributed by atoms with Crippen molar-refractivity contribution in [3.05, 3.63) is 84.5 Å². The summed E-state index contributed by atoms with van der Waals surface area (Å²) in [5.41, 5.74) is 1.78. The molecule has 3 rings (SSSR count). The Balaban J connectivity index is 2.35. The maximum atomic E-state index is 10.7. The normalized spacial score (nSPS) is 23.2. The maximum absolute atomic E-state index is 10.7. The third kappa shape index (κ3) is 4.30. The first-order valence-corrected chi connectivity index (χ1v) is 14.0. The largest absolute Gasteiger partial charge is 0.328 e. The quantitative estimate of drug-likeness (QED) is 0.483. The molecule has 5 heteroatoms. The fourth-order valence-electron chi connectivity index (χ4n) is 4.83. The summed E-state index contributed by atoms with van der Waals surface area (Å²) in [6, 6.07) is 19.8. The molecule has 3 N–H and O–H groups in total. The average molecular weight is 445 g/mol. The van der Waals surface area contributed by atoms with Crippen LogP contribution in [0.15, 0.2) is 83.8 Å². The fraction of sp³-hybridized carbons (Fsp3) is 0.360. The van der Waals surface area contributed by atoms with Gasteiger partial charge in [-0.1, -0.05) is 111 Å². The molecule has 2 aromatic rings. The van der Waals surface area contributed by atoms with Crippen LogP contribution in [0.25, 0.3) is 5.57 Å². The summed E-state index contributed by atoms with van der Waals surface area (Å²) in [6.07, 6.45) is 8.10. The number of benzene rings is 2. The van der Waals surface area contributed by atoms with E-state index in [0.717, 1.165) is 23.3 Å². The molecule has 0 aromatic heterocycles. The second-order valence-electron chi connectivity index (χ2n) is 8.86. The third-order valence-corrected chi connectivity index (χ3v) is 11.3. The molecule has 0 saturated heterocycles. The van der Waals surface area contributed by atoms with Crippen LogP contribution in [0.4, 0.5) is 0 Å². The molecule has 1 aliphatic carbocycles. The molecule has 2 aromatic carbocycles. The molecule has 0 bridgehead atoms. The van der Waals surface area contributed by atoms with Crippen molar-refractivity contribution in [1.82, 2.24) is 0 Å². The van der Waals surface area contributed by atoms with Gasteiger partial charge in [-0.05, 0) is 35.1 Å². The van der Waals surface area contributed by atoms with Crippen LogP contribution in [-0.4, -0.2) is 19.9 Å². The van der Waals surface area contributed by atoms with Gasteiger partial charge in [-0.3, -0.25) is 0 Å². The summed E-state index contributed by atoms with van der Waals surface area (Å²) in [7, 11) is -1.15. The van der Waals surface area contributed by atoms with Crippen molar-refractivity contribution in [2.75, 3.05) is 0 Å². The van der Waals surface area contributed by atoms with E-state index in [-0.39, 0.29) is 16.1 Å². The summed E-state index contributed by atoms with van der Waals surface area (Å²) in [4.78, 5) is 32.8. The molecule has 0 radical (unpaired) electrons. The Morgan fingerprint density at radius 3 is 2.00 bits per heavy atom. The topological polar surface area (TPSA) is 60.7 Å².